The number of methoxy groups -OCH3 is 2. The number of nitrogens with two attached hydrogens (primary N) is 1. The summed E-state index contributed by atoms with van der Waals surface area (Å²) in [5, 5.41) is 5.16. The van der Waals surface area contributed by atoms with Crippen LogP contribution in [0.25, 0.3) is 10.8 Å². The third kappa shape index (κ3) is 4.23. The van der Waals surface area contributed by atoms with E-state index in [1.54, 1.807) is 19.4 Å². The van der Waals surface area contributed by atoms with Crippen LogP contribution in [0, 0.1) is 0 Å². The van der Waals surface area contributed by atoms with Crippen molar-refractivity contribution in [3.63, 3.8) is 0 Å². The van der Waals surface area contributed by atoms with Gasteiger partial charge in [-0.25, -0.2) is 0 Å². The average Bonchev–Trinajstić information content (AvgIpc) is 2.75. The third-order valence-corrected chi connectivity index (χ3v) is 4.86. The van der Waals surface area contributed by atoms with Crippen LogP contribution in [0.15, 0.2) is 48.7 Å². The minimum Gasteiger partial charge on any atom is -0.493 e. The van der Waals surface area contributed by atoms with E-state index >= 15 is 0 Å². The second-order valence-electron chi connectivity index (χ2n) is 7.12. The van der Waals surface area contributed by atoms with Crippen molar-refractivity contribution in [2.24, 2.45) is 5.73 Å². The maximum absolute atomic E-state index is 13.1. The number of fused-ring (bicyclic) bond motifs is 1. The lowest BCUT2D eigenvalue weighted by molar-refractivity contribution is 0.0983. The van der Waals surface area contributed by atoms with E-state index < -0.39 is 6.04 Å². The molecule has 0 aliphatic rings. The summed E-state index contributed by atoms with van der Waals surface area (Å²) in [6.07, 6.45) is 1.74. The van der Waals surface area contributed by atoms with Crippen LogP contribution in [0.1, 0.15) is 41.5 Å². The molecule has 0 aliphatic carbocycles. The van der Waals surface area contributed by atoms with E-state index in [0.29, 0.717) is 28.3 Å². The van der Waals surface area contributed by atoms with Gasteiger partial charge in [0.2, 0.25) is 0 Å². The molecule has 3 aromatic rings. The van der Waals surface area contributed by atoms with Crippen LogP contribution in [0.5, 0.6) is 11.5 Å². The molecule has 0 saturated carbocycles. The summed E-state index contributed by atoms with van der Waals surface area (Å²) >= 11 is 0. The van der Waals surface area contributed by atoms with Crippen LogP contribution in [0.4, 0.5) is 0 Å². The number of Topliss-reactive ketones (excluding diaryl/α,β-unsaturated/α-hetero) is 1. The summed E-state index contributed by atoms with van der Waals surface area (Å²) in [4.78, 5) is 17.7. The highest BCUT2D eigenvalue weighted by Crippen LogP contribution is 2.38. The fourth-order valence-electron chi connectivity index (χ4n) is 3.41. The van der Waals surface area contributed by atoms with E-state index in [9.17, 15) is 4.79 Å². The van der Waals surface area contributed by atoms with Crippen LogP contribution in [0.3, 0.4) is 0 Å². The van der Waals surface area contributed by atoms with Gasteiger partial charge >= 0.3 is 0 Å². The monoisotopic (exact) mass is 393 g/mol. The number of ketones is 1. The number of carbonyl (C=O) groups excluding carboxylic acids is 1. The molecule has 0 spiro atoms. The van der Waals surface area contributed by atoms with E-state index in [-0.39, 0.29) is 18.4 Å². The smallest absolute Gasteiger partial charge is 0.180 e. The molecule has 0 amide bonds. The number of pyridine rings is 1. The van der Waals surface area contributed by atoms with Crippen LogP contribution in [-0.2, 0) is 0 Å². The number of rotatable bonds is 8. The second-order valence-corrected chi connectivity index (χ2v) is 7.12. The number of hydrogen-bond acceptors (Lipinski definition) is 6. The van der Waals surface area contributed by atoms with E-state index in [2.05, 4.69) is 10.3 Å². The first-order valence-electron chi connectivity index (χ1n) is 9.58. The second kappa shape index (κ2) is 9.03. The van der Waals surface area contributed by atoms with Gasteiger partial charge in [-0.1, -0.05) is 44.2 Å². The first kappa shape index (κ1) is 20.8. The summed E-state index contributed by atoms with van der Waals surface area (Å²) in [5.41, 5.74) is 8.44. The van der Waals surface area contributed by atoms with E-state index in [1.165, 1.54) is 7.11 Å². The Hall–Kier alpha value is -2.96. The number of hydrogen-bond donors (Lipinski definition) is 2. The summed E-state index contributed by atoms with van der Waals surface area (Å²) in [6, 6.07) is 13.0. The van der Waals surface area contributed by atoms with Crippen molar-refractivity contribution in [2.75, 3.05) is 20.8 Å². The van der Waals surface area contributed by atoms with Gasteiger partial charge in [0.15, 0.2) is 17.3 Å². The molecule has 6 heteroatoms. The molecule has 0 fully saturated rings. The third-order valence-electron chi connectivity index (χ3n) is 4.86. The highest BCUT2D eigenvalue weighted by molar-refractivity contribution is 6.02. The SMILES string of the molecule is COc1ccc(C(N)c2nccc3ccccc23)c(C(=O)CNC(C)C)c1OC. The van der Waals surface area contributed by atoms with Crippen LogP contribution >= 0.6 is 0 Å². The maximum Gasteiger partial charge on any atom is 0.180 e. The number of nitrogens with zero attached hydrogens (tertiary/aromatic N) is 1. The zero-order chi connectivity index (χ0) is 21.0. The van der Waals surface area contributed by atoms with Gasteiger partial charge in [-0.05, 0) is 23.1 Å². The number of nitrogens with one attached hydrogen (secondary N) is 1. The summed E-state index contributed by atoms with van der Waals surface area (Å²) in [7, 11) is 3.07. The van der Waals surface area contributed by atoms with Gasteiger partial charge in [0.25, 0.3) is 0 Å². The van der Waals surface area contributed by atoms with Crippen molar-refractivity contribution in [2.45, 2.75) is 25.9 Å². The molecule has 1 aromatic heterocycles. The summed E-state index contributed by atoms with van der Waals surface area (Å²) in [5.74, 6) is 0.763. The van der Waals surface area contributed by atoms with Crippen molar-refractivity contribution < 1.29 is 14.3 Å². The molecule has 6 nitrogen and oxygen atoms in total. The number of ether oxygens (including phenoxy) is 2. The van der Waals surface area contributed by atoms with Gasteiger partial charge in [-0.3, -0.25) is 9.78 Å². The molecule has 29 heavy (non-hydrogen) atoms. The molecule has 1 heterocycles. The lowest BCUT2D eigenvalue weighted by Gasteiger charge is -2.21. The first-order chi connectivity index (χ1) is 14.0. The minimum atomic E-state index is -0.598. The molecule has 1 atom stereocenters. The van der Waals surface area contributed by atoms with Crippen molar-refractivity contribution >= 4 is 16.6 Å². The van der Waals surface area contributed by atoms with E-state index in [4.69, 9.17) is 15.2 Å². The Morgan fingerprint density at radius 3 is 2.55 bits per heavy atom. The molecular formula is C23H27N3O3. The molecule has 3 rings (SSSR count). The van der Waals surface area contributed by atoms with Gasteiger partial charge in [-0.2, -0.15) is 0 Å². The standard InChI is InChI=1S/C23H27N3O3/c1-14(2)26-13-18(27)20-17(9-10-19(28-3)23(20)29-4)21(24)22-16-8-6-5-7-15(16)11-12-25-22/h5-12,14,21,26H,13,24H2,1-4H3. The Bertz CT molecular complexity index is 1010. The van der Waals surface area contributed by atoms with Crippen LogP contribution in [0.2, 0.25) is 0 Å². The Balaban J connectivity index is 2.16. The lowest BCUT2D eigenvalue weighted by Crippen LogP contribution is -2.30. The predicted octanol–water partition coefficient (Wildman–Crippen LogP) is 3.48. The van der Waals surface area contributed by atoms with Crippen molar-refractivity contribution in [3.05, 3.63) is 65.5 Å². The van der Waals surface area contributed by atoms with Crippen LogP contribution < -0.4 is 20.5 Å². The normalized spacial score (nSPS) is 12.2. The molecular weight excluding hydrogens is 366 g/mol. The van der Waals surface area contributed by atoms with Gasteiger partial charge in [0.05, 0.1) is 38.1 Å². The fourth-order valence-corrected chi connectivity index (χ4v) is 3.41. The largest absolute Gasteiger partial charge is 0.493 e. The molecule has 0 aliphatic heterocycles. The highest BCUT2D eigenvalue weighted by Gasteiger charge is 2.26. The Morgan fingerprint density at radius 2 is 1.86 bits per heavy atom. The molecule has 3 N–H and O–H groups in total. The zero-order valence-electron chi connectivity index (χ0n) is 17.2. The maximum atomic E-state index is 13.1. The molecule has 152 valence electrons. The van der Waals surface area contributed by atoms with Gasteiger partial charge in [0, 0.05) is 17.6 Å². The molecule has 1 unspecified atom stereocenters. The van der Waals surface area contributed by atoms with Crippen LogP contribution in [-0.4, -0.2) is 37.6 Å². The van der Waals surface area contributed by atoms with Gasteiger partial charge in [0.1, 0.15) is 0 Å². The van der Waals surface area contributed by atoms with Crippen molar-refractivity contribution in [3.8, 4) is 11.5 Å². The minimum absolute atomic E-state index is 0.111. The topological polar surface area (TPSA) is 86.5 Å². The Labute approximate surface area is 171 Å². The molecule has 0 bridgehead atoms. The number of carbonyl (C=O) groups is 1. The molecule has 0 saturated heterocycles. The number of benzene rings is 2. The van der Waals surface area contributed by atoms with Crippen molar-refractivity contribution in [1.29, 1.82) is 0 Å². The fraction of sp³-hybridized carbons (Fsp3) is 0.304. The van der Waals surface area contributed by atoms with E-state index in [0.717, 1.165) is 10.8 Å². The first-order valence-corrected chi connectivity index (χ1v) is 9.58. The summed E-state index contributed by atoms with van der Waals surface area (Å²) < 4.78 is 11.0. The highest BCUT2D eigenvalue weighted by atomic mass is 16.5. The average molecular weight is 393 g/mol. The quantitative estimate of drug-likeness (QED) is 0.570. The zero-order valence-corrected chi connectivity index (χ0v) is 17.2. The number of aromatic nitrogens is 1. The van der Waals surface area contributed by atoms with E-state index in [1.807, 2.05) is 50.2 Å². The predicted molar refractivity (Wildman–Crippen MR) is 115 cm³/mol. The Morgan fingerprint density at radius 1 is 1.10 bits per heavy atom. The van der Waals surface area contributed by atoms with Crippen molar-refractivity contribution in [1.82, 2.24) is 10.3 Å². The lowest BCUT2D eigenvalue weighted by atomic mass is 9.92. The van der Waals surface area contributed by atoms with Gasteiger partial charge in [-0.15, -0.1) is 0 Å². The molecule has 0 radical (unpaired) electrons. The van der Waals surface area contributed by atoms with Gasteiger partial charge < -0.3 is 20.5 Å². The summed E-state index contributed by atoms with van der Waals surface area (Å²) in [6.45, 7) is 4.15. The Kier molecular flexibility index (Phi) is 6.46. The molecule has 2 aromatic carbocycles.